The molecule has 0 radical (unpaired) electrons. The second-order valence-electron chi connectivity index (χ2n) is 13.5. The summed E-state index contributed by atoms with van der Waals surface area (Å²) in [7, 11) is 2.95. The Kier molecular flexibility index (Phi) is 9.68. The summed E-state index contributed by atoms with van der Waals surface area (Å²) in [4.78, 5) is 30.3. The first-order valence-corrected chi connectivity index (χ1v) is 15.0. The van der Waals surface area contributed by atoms with Crippen molar-refractivity contribution in [1.29, 1.82) is 0 Å². The van der Waals surface area contributed by atoms with Gasteiger partial charge in [-0.25, -0.2) is 0 Å². The Morgan fingerprint density at radius 3 is 1.95 bits per heavy atom. The maximum absolute atomic E-state index is 13.1. The SMILES string of the molecule is COC(=O)CC(c1cc(C(C)(C)C)c(O)c(C(C)(C)C)c1)c1oc(CN2CCN(c3ccc(OC)cc3)CC2)cc(=O)c1O. The normalized spacial score (nSPS) is 15.2. The molecule has 1 saturated heterocycles. The van der Waals surface area contributed by atoms with Crippen molar-refractivity contribution >= 4 is 11.7 Å². The van der Waals surface area contributed by atoms with Crippen molar-refractivity contribution in [2.45, 2.75) is 71.3 Å². The van der Waals surface area contributed by atoms with E-state index in [1.807, 2.05) is 77.9 Å². The number of benzene rings is 2. The van der Waals surface area contributed by atoms with Gasteiger partial charge in [0.15, 0.2) is 5.76 Å². The van der Waals surface area contributed by atoms with E-state index in [2.05, 4.69) is 9.80 Å². The summed E-state index contributed by atoms with van der Waals surface area (Å²) < 4.78 is 16.6. The van der Waals surface area contributed by atoms with E-state index in [0.29, 0.717) is 29.0 Å². The van der Waals surface area contributed by atoms with E-state index in [4.69, 9.17) is 13.9 Å². The average Bonchev–Trinajstić information content (AvgIpc) is 2.97. The van der Waals surface area contributed by atoms with Gasteiger partial charge in [-0.15, -0.1) is 0 Å². The minimum atomic E-state index is -0.815. The van der Waals surface area contributed by atoms with E-state index >= 15 is 0 Å². The van der Waals surface area contributed by atoms with Crippen LogP contribution in [0, 0.1) is 0 Å². The van der Waals surface area contributed by atoms with Gasteiger partial charge in [0.2, 0.25) is 11.2 Å². The van der Waals surface area contributed by atoms with Crippen LogP contribution < -0.4 is 15.1 Å². The van der Waals surface area contributed by atoms with Gasteiger partial charge < -0.3 is 29.0 Å². The predicted octanol–water partition coefficient (Wildman–Crippen LogP) is 5.67. The number of hydrogen-bond donors (Lipinski definition) is 2. The first kappa shape index (κ1) is 32.9. The molecule has 0 spiro atoms. The molecule has 2 aromatic carbocycles. The Hall–Kier alpha value is -3.98. The second kappa shape index (κ2) is 12.9. The maximum Gasteiger partial charge on any atom is 0.306 e. The van der Waals surface area contributed by atoms with Gasteiger partial charge in [0.1, 0.15) is 17.3 Å². The number of rotatable bonds is 8. The Balaban J connectivity index is 1.68. The van der Waals surface area contributed by atoms with Gasteiger partial charge in [-0.3, -0.25) is 14.5 Å². The van der Waals surface area contributed by atoms with Crippen LogP contribution in [0.15, 0.2) is 51.7 Å². The second-order valence-corrected chi connectivity index (χ2v) is 13.5. The number of carbonyl (C=O) groups excluding carboxylic acids is 1. The third-order valence-electron chi connectivity index (χ3n) is 8.25. The molecule has 1 unspecified atom stereocenters. The zero-order chi connectivity index (χ0) is 32.4. The van der Waals surface area contributed by atoms with Crippen LogP contribution in [0.25, 0.3) is 0 Å². The smallest absolute Gasteiger partial charge is 0.306 e. The quantitative estimate of drug-likeness (QED) is 0.313. The molecule has 2 heterocycles. The summed E-state index contributed by atoms with van der Waals surface area (Å²) in [6, 6.07) is 13.0. The van der Waals surface area contributed by atoms with Crippen molar-refractivity contribution in [3.63, 3.8) is 0 Å². The number of hydrogen-bond acceptors (Lipinski definition) is 9. The first-order chi connectivity index (χ1) is 20.6. The third-order valence-corrected chi connectivity index (χ3v) is 8.25. The number of piperazine rings is 1. The molecule has 1 fully saturated rings. The van der Waals surface area contributed by atoms with Crippen LogP contribution in [-0.4, -0.2) is 61.5 Å². The van der Waals surface area contributed by atoms with Crippen molar-refractivity contribution < 1.29 is 28.9 Å². The van der Waals surface area contributed by atoms with Crippen molar-refractivity contribution in [2.75, 3.05) is 45.3 Å². The number of anilines is 1. The standard InChI is InChI=1S/C35H46N2O7/c1-34(2,3)27-17-22(18-28(31(27)40)35(4,5)6)26(20-30(39)43-8)33-32(41)29(38)19-25(44-33)21-36-13-15-37(16-14-36)23-9-11-24(42-7)12-10-23/h9-12,17-19,26,40-41H,13-16,20-21H2,1-8H3. The summed E-state index contributed by atoms with van der Waals surface area (Å²) in [5.41, 5.74) is 1.74. The Labute approximate surface area is 260 Å². The molecule has 0 amide bonds. The number of carbonyl (C=O) groups is 1. The van der Waals surface area contributed by atoms with Crippen LogP contribution in [0.1, 0.15) is 82.1 Å². The fourth-order valence-corrected chi connectivity index (χ4v) is 5.66. The number of nitrogens with zero attached hydrogens (tertiary/aromatic N) is 2. The van der Waals surface area contributed by atoms with Gasteiger partial charge >= 0.3 is 5.97 Å². The zero-order valence-electron chi connectivity index (χ0n) is 27.2. The lowest BCUT2D eigenvalue weighted by atomic mass is 9.76. The molecule has 4 rings (SSSR count). The van der Waals surface area contributed by atoms with Crippen molar-refractivity contribution in [3.05, 3.63) is 80.9 Å². The van der Waals surface area contributed by atoms with Crippen LogP contribution in [0.4, 0.5) is 5.69 Å². The molecule has 9 heteroatoms. The highest BCUT2D eigenvalue weighted by Crippen LogP contribution is 2.43. The van der Waals surface area contributed by atoms with E-state index in [9.17, 15) is 19.8 Å². The Morgan fingerprint density at radius 1 is 0.886 bits per heavy atom. The molecule has 1 atom stereocenters. The van der Waals surface area contributed by atoms with Gasteiger partial charge in [-0.2, -0.15) is 0 Å². The minimum Gasteiger partial charge on any atom is -0.507 e. The van der Waals surface area contributed by atoms with E-state index in [1.165, 1.54) is 13.2 Å². The Bertz CT molecular complexity index is 1490. The highest BCUT2D eigenvalue weighted by Gasteiger charge is 2.32. The van der Waals surface area contributed by atoms with Crippen LogP contribution in [0.2, 0.25) is 0 Å². The van der Waals surface area contributed by atoms with E-state index < -0.39 is 33.9 Å². The molecule has 0 bridgehead atoms. The summed E-state index contributed by atoms with van der Waals surface area (Å²) in [6.07, 6.45) is -0.158. The lowest BCUT2D eigenvalue weighted by molar-refractivity contribution is -0.140. The molecule has 9 nitrogen and oxygen atoms in total. The van der Waals surface area contributed by atoms with Crippen LogP contribution >= 0.6 is 0 Å². The monoisotopic (exact) mass is 606 g/mol. The van der Waals surface area contributed by atoms with Gasteiger partial charge in [-0.1, -0.05) is 53.7 Å². The molecule has 3 aromatic rings. The summed E-state index contributed by atoms with van der Waals surface area (Å²) in [5, 5.41) is 22.3. The zero-order valence-corrected chi connectivity index (χ0v) is 27.2. The number of aromatic hydroxyl groups is 2. The third kappa shape index (κ3) is 7.38. The Morgan fingerprint density at radius 2 is 1.45 bits per heavy atom. The highest BCUT2D eigenvalue weighted by molar-refractivity contribution is 5.71. The molecule has 1 aliphatic rings. The number of ether oxygens (including phenoxy) is 2. The van der Waals surface area contributed by atoms with E-state index in [1.54, 1.807) is 7.11 Å². The van der Waals surface area contributed by atoms with Crippen molar-refractivity contribution in [3.8, 4) is 17.2 Å². The minimum absolute atomic E-state index is 0.0141. The van der Waals surface area contributed by atoms with Crippen LogP contribution in [-0.2, 0) is 26.9 Å². The molecule has 44 heavy (non-hydrogen) atoms. The average molecular weight is 607 g/mol. The lowest BCUT2D eigenvalue weighted by Gasteiger charge is -2.36. The first-order valence-electron chi connectivity index (χ1n) is 15.0. The molecule has 2 N–H and O–H groups in total. The predicted molar refractivity (Wildman–Crippen MR) is 171 cm³/mol. The molecular formula is C35H46N2O7. The van der Waals surface area contributed by atoms with Crippen molar-refractivity contribution in [2.24, 2.45) is 0 Å². The molecular weight excluding hydrogens is 560 g/mol. The van der Waals surface area contributed by atoms with Crippen molar-refractivity contribution in [1.82, 2.24) is 4.90 Å². The summed E-state index contributed by atoms with van der Waals surface area (Å²) >= 11 is 0. The van der Waals surface area contributed by atoms with Gasteiger partial charge in [-0.05, 0) is 51.8 Å². The largest absolute Gasteiger partial charge is 0.507 e. The van der Waals surface area contributed by atoms with Crippen LogP contribution in [0.5, 0.6) is 17.2 Å². The maximum atomic E-state index is 13.1. The number of methoxy groups -OCH3 is 2. The van der Waals surface area contributed by atoms with E-state index in [0.717, 1.165) is 37.6 Å². The fourth-order valence-electron chi connectivity index (χ4n) is 5.66. The molecule has 1 aromatic heterocycles. The van der Waals surface area contributed by atoms with Gasteiger partial charge in [0.05, 0.1) is 33.1 Å². The lowest BCUT2D eigenvalue weighted by Crippen LogP contribution is -2.46. The molecule has 238 valence electrons. The molecule has 0 aliphatic carbocycles. The molecule has 0 saturated carbocycles. The topological polar surface area (TPSA) is 113 Å². The molecule has 1 aliphatic heterocycles. The van der Waals surface area contributed by atoms with Crippen LogP contribution in [0.3, 0.4) is 0 Å². The fraction of sp³-hybridized carbons (Fsp3) is 0.486. The summed E-state index contributed by atoms with van der Waals surface area (Å²) in [5.74, 6) is -0.438. The highest BCUT2D eigenvalue weighted by atomic mass is 16.5. The van der Waals surface area contributed by atoms with E-state index in [-0.39, 0.29) is 17.9 Å². The number of phenolic OH excluding ortho intramolecular Hbond substituents is 1. The summed E-state index contributed by atoms with van der Waals surface area (Å²) in [6.45, 7) is 15.5. The number of phenols is 1. The van der Waals surface area contributed by atoms with Gasteiger partial charge in [0, 0.05) is 37.9 Å². The van der Waals surface area contributed by atoms with Gasteiger partial charge in [0.25, 0.3) is 0 Å². The number of esters is 1.